The molecule has 0 saturated heterocycles. The highest BCUT2D eigenvalue weighted by molar-refractivity contribution is 5.78. The van der Waals surface area contributed by atoms with Crippen molar-refractivity contribution in [3.8, 4) is 0 Å². The Morgan fingerprint density at radius 2 is 2.12 bits per heavy atom. The second-order valence-electron chi connectivity index (χ2n) is 4.09. The average molecular weight is 232 g/mol. The van der Waals surface area contributed by atoms with Gasteiger partial charge in [-0.3, -0.25) is 9.69 Å². The second kappa shape index (κ2) is 6.86. The standard InChI is InChI=1S/C14H20N2O/c1-4-10-15-14(17)11-16(3)12(2)13-8-6-5-7-9-13/h4-9,12H,1,10-11H2,2-3H3,(H,15,17)/t12-/m0/s1. The van der Waals surface area contributed by atoms with Crippen molar-refractivity contribution >= 4 is 5.91 Å². The number of nitrogens with zero attached hydrogens (tertiary/aromatic N) is 1. The maximum atomic E-state index is 11.5. The summed E-state index contributed by atoms with van der Waals surface area (Å²) in [5.74, 6) is 0.0233. The van der Waals surface area contributed by atoms with Gasteiger partial charge in [0.05, 0.1) is 6.54 Å². The highest BCUT2D eigenvalue weighted by Crippen LogP contribution is 2.17. The average Bonchev–Trinajstić information content (AvgIpc) is 2.36. The van der Waals surface area contributed by atoms with E-state index in [2.05, 4.69) is 31.0 Å². The van der Waals surface area contributed by atoms with Crippen LogP contribution in [-0.2, 0) is 4.79 Å². The maximum absolute atomic E-state index is 11.5. The first kappa shape index (κ1) is 13.5. The van der Waals surface area contributed by atoms with Crippen LogP contribution in [0.1, 0.15) is 18.5 Å². The zero-order valence-electron chi connectivity index (χ0n) is 10.5. The van der Waals surface area contributed by atoms with Gasteiger partial charge in [0.1, 0.15) is 0 Å². The fourth-order valence-electron chi connectivity index (χ4n) is 1.59. The molecule has 0 aliphatic carbocycles. The number of carbonyl (C=O) groups is 1. The summed E-state index contributed by atoms with van der Waals surface area (Å²) in [6.07, 6.45) is 1.68. The lowest BCUT2D eigenvalue weighted by Gasteiger charge is -2.24. The van der Waals surface area contributed by atoms with Crippen molar-refractivity contribution in [2.24, 2.45) is 0 Å². The van der Waals surface area contributed by atoms with Crippen LogP contribution in [0, 0.1) is 0 Å². The highest BCUT2D eigenvalue weighted by atomic mass is 16.2. The number of nitrogens with one attached hydrogen (secondary N) is 1. The van der Waals surface area contributed by atoms with E-state index in [-0.39, 0.29) is 11.9 Å². The smallest absolute Gasteiger partial charge is 0.234 e. The normalized spacial score (nSPS) is 12.2. The van der Waals surface area contributed by atoms with E-state index in [1.54, 1.807) is 6.08 Å². The van der Waals surface area contributed by atoms with E-state index in [4.69, 9.17) is 0 Å². The minimum absolute atomic E-state index is 0.0233. The topological polar surface area (TPSA) is 32.3 Å². The van der Waals surface area contributed by atoms with Gasteiger partial charge in [-0.15, -0.1) is 6.58 Å². The Morgan fingerprint density at radius 3 is 2.71 bits per heavy atom. The lowest BCUT2D eigenvalue weighted by molar-refractivity contribution is -0.122. The summed E-state index contributed by atoms with van der Waals surface area (Å²) in [6, 6.07) is 10.4. The second-order valence-corrected chi connectivity index (χ2v) is 4.09. The summed E-state index contributed by atoms with van der Waals surface area (Å²) >= 11 is 0. The highest BCUT2D eigenvalue weighted by Gasteiger charge is 2.13. The predicted octanol–water partition coefficient (Wildman–Crippen LogP) is 1.98. The van der Waals surface area contributed by atoms with Crippen molar-refractivity contribution in [1.29, 1.82) is 0 Å². The van der Waals surface area contributed by atoms with Gasteiger partial charge in [-0.1, -0.05) is 36.4 Å². The number of benzene rings is 1. The van der Waals surface area contributed by atoms with Crippen molar-refractivity contribution in [3.05, 3.63) is 48.6 Å². The van der Waals surface area contributed by atoms with Gasteiger partial charge in [0, 0.05) is 12.6 Å². The van der Waals surface area contributed by atoms with Gasteiger partial charge in [-0.2, -0.15) is 0 Å². The molecule has 0 saturated carbocycles. The summed E-state index contributed by atoms with van der Waals surface area (Å²) in [4.78, 5) is 13.6. The molecule has 1 aromatic rings. The van der Waals surface area contributed by atoms with Crippen LogP contribution in [0.2, 0.25) is 0 Å². The number of hydrogen-bond donors (Lipinski definition) is 1. The first-order valence-electron chi connectivity index (χ1n) is 5.78. The molecule has 0 aromatic heterocycles. The van der Waals surface area contributed by atoms with Crippen LogP contribution < -0.4 is 5.32 Å². The molecule has 1 N–H and O–H groups in total. The largest absolute Gasteiger partial charge is 0.352 e. The minimum Gasteiger partial charge on any atom is -0.352 e. The number of amides is 1. The summed E-state index contributed by atoms with van der Waals surface area (Å²) < 4.78 is 0. The number of hydrogen-bond acceptors (Lipinski definition) is 2. The van der Waals surface area contributed by atoms with Gasteiger partial charge in [-0.25, -0.2) is 0 Å². The molecular weight excluding hydrogens is 212 g/mol. The fraction of sp³-hybridized carbons (Fsp3) is 0.357. The number of likely N-dealkylation sites (N-methyl/N-ethyl adjacent to an activating group) is 1. The molecule has 0 radical (unpaired) electrons. The predicted molar refractivity (Wildman–Crippen MR) is 70.7 cm³/mol. The van der Waals surface area contributed by atoms with Gasteiger partial charge in [0.2, 0.25) is 5.91 Å². The molecule has 0 fully saturated rings. The molecule has 92 valence electrons. The monoisotopic (exact) mass is 232 g/mol. The summed E-state index contributed by atoms with van der Waals surface area (Å²) in [7, 11) is 1.95. The Hall–Kier alpha value is -1.61. The Bertz CT molecular complexity index is 362. The molecule has 17 heavy (non-hydrogen) atoms. The molecule has 1 aromatic carbocycles. The van der Waals surface area contributed by atoms with Gasteiger partial charge in [0.25, 0.3) is 0 Å². The lowest BCUT2D eigenvalue weighted by Crippen LogP contribution is -2.36. The molecule has 0 bridgehead atoms. The van der Waals surface area contributed by atoms with Crippen LogP contribution in [0.4, 0.5) is 0 Å². The van der Waals surface area contributed by atoms with Crippen molar-refractivity contribution < 1.29 is 4.79 Å². The van der Waals surface area contributed by atoms with E-state index in [1.807, 2.05) is 30.1 Å². The number of rotatable bonds is 6. The van der Waals surface area contributed by atoms with Gasteiger partial charge in [-0.05, 0) is 19.5 Å². The zero-order chi connectivity index (χ0) is 12.7. The third-order valence-electron chi connectivity index (χ3n) is 2.78. The molecule has 3 heteroatoms. The first-order valence-corrected chi connectivity index (χ1v) is 5.78. The summed E-state index contributed by atoms with van der Waals surface area (Å²) in [5.41, 5.74) is 1.21. The Kier molecular flexibility index (Phi) is 5.43. The molecular formula is C14H20N2O. The molecule has 0 aliphatic heterocycles. The van der Waals surface area contributed by atoms with Crippen molar-refractivity contribution in [3.63, 3.8) is 0 Å². The first-order chi connectivity index (χ1) is 8.15. The van der Waals surface area contributed by atoms with E-state index in [0.29, 0.717) is 13.1 Å². The third-order valence-corrected chi connectivity index (χ3v) is 2.78. The molecule has 0 heterocycles. The van der Waals surface area contributed by atoms with Crippen LogP contribution in [-0.4, -0.2) is 30.9 Å². The molecule has 1 amide bonds. The van der Waals surface area contributed by atoms with Crippen molar-refractivity contribution in [1.82, 2.24) is 10.2 Å². The van der Waals surface area contributed by atoms with Gasteiger partial charge < -0.3 is 5.32 Å². The van der Waals surface area contributed by atoms with E-state index in [0.717, 1.165) is 0 Å². The summed E-state index contributed by atoms with van der Waals surface area (Å²) in [5, 5.41) is 2.77. The van der Waals surface area contributed by atoms with Gasteiger partial charge in [0.15, 0.2) is 0 Å². The van der Waals surface area contributed by atoms with E-state index in [9.17, 15) is 4.79 Å². The summed E-state index contributed by atoms with van der Waals surface area (Å²) in [6.45, 7) is 6.57. The van der Waals surface area contributed by atoms with Crippen molar-refractivity contribution in [2.75, 3.05) is 20.1 Å². The van der Waals surface area contributed by atoms with Crippen LogP contribution in [0.25, 0.3) is 0 Å². The van der Waals surface area contributed by atoms with E-state index < -0.39 is 0 Å². The van der Waals surface area contributed by atoms with Crippen LogP contribution >= 0.6 is 0 Å². The molecule has 0 unspecified atom stereocenters. The fourth-order valence-corrected chi connectivity index (χ4v) is 1.59. The molecule has 0 spiro atoms. The molecule has 1 rings (SSSR count). The quantitative estimate of drug-likeness (QED) is 0.761. The number of carbonyl (C=O) groups excluding carboxylic acids is 1. The molecule has 3 nitrogen and oxygen atoms in total. The molecule has 0 aliphatic rings. The van der Waals surface area contributed by atoms with Crippen LogP contribution in [0.5, 0.6) is 0 Å². The maximum Gasteiger partial charge on any atom is 0.234 e. The van der Waals surface area contributed by atoms with Crippen molar-refractivity contribution in [2.45, 2.75) is 13.0 Å². The Balaban J connectivity index is 2.50. The van der Waals surface area contributed by atoms with E-state index in [1.165, 1.54) is 5.56 Å². The van der Waals surface area contributed by atoms with Gasteiger partial charge >= 0.3 is 0 Å². The van der Waals surface area contributed by atoms with Crippen LogP contribution in [0.15, 0.2) is 43.0 Å². The SMILES string of the molecule is C=CCNC(=O)CN(C)[C@@H](C)c1ccccc1. The third kappa shape index (κ3) is 4.41. The van der Waals surface area contributed by atoms with Crippen LogP contribution in [0.3, 0.4) is 0 Å². The molecule has 1 atom stereocenters. The Labute approximate surface area is 103 Å². The van der Waals surface area contributed by atoms with E-state index >= 15 is 0 Å². The Morgan fingerprint density at radius 1 is 1.47 bits per heavy atom. The zero-order valence-corrected chi connectivity index (χ0v) is 10.5. The lowest BCUT2D eigenvalue weighted by atomic mass is 10.1. The minimum atomic E-state index is 0.0233.